The lowest BCUT2D eigenvalue weighted by atomic mass is 10.0. The number of thioether (sulfide) groups is 1. The molecule has 3 aromatic rings. The summed E-state index contributed by atoms with van der Waals surface area (Å²) in [6.45, 7) is 0.482. The molecule has 134 valence electrons. The van der Waals surface area contributed by atoms with Crippen molar-refractivity contribution in [3.05, 3.63) is 82.8 Å². The molecule has 0 saturated carbocycles. The van der Waals surface area contributed by atoms with E-state index in [9.17, 15) is 4.79 Å². The minimum atomic E-state index is -0.0659. The van der Waals surface area contributed by atoms with Crippen molar-refractivity contribution in [2.24, 2.45) is 0 Å². The molecular formula is C22H17NO2S2. The van der Waals surface area contributed by atoms with Crippen LogP contribution in [0, 0.1) is 0 Å². The second-order valence-corrected chi connectivity index (χ2v) is 7.83. The molecule has 0 unspecified atom stereocenters. The monoisotopic (exact) mass is 391 g/mol. The Labute approximate surface area is 167 Å². The summed E-state index contributed by atoms with van der Waals surface area (Å²) in [5.74, 6) is 0.672. The van der Waals surface area contributed by atoms with Gasteiger partial charge < -0.3 is 4.74 Å². The fraction of sp³-hybridized carbons (Fsp3) is 0.0909. The third-order valence-corrected chi connectivity index (χ3v) is 5.86. The third-order valence-electron chi connectivity index (χ3n) is 4.48. The summed E-state index contributed by atoms with van der Waals surface area (Å²) in [5.41, 5.74) is 1.95. The molecule has 27 heavy (non-hydrogen) atoms. The number of fused-ring (bicyclic) bond motifs is 1. The van der Waals surface area contributed by atoms with Crippen LogP contribution in [-0.4, -0.2) is 22.2 Å². The number of methoxy groups -OCH3 is 1. The standard InChI is InChI=1S/C22H17NO2S2/c1-25-19-12-11-16-9-5-6-10-17(16)18(19)13-20-21(24)23(22(26)27-20)14-15-7-3-2-4-8-15/h2-13H,14H2,1H3/b20-13-. The number of ether oxygens (including phenoxy) is 1. The first-order valence-corrected chi connectivity index (χ1v) is 9.75. The topological polar surface area (TPSA) is 29.5 Å². The first-order chi connectivity index (χ1) is 13.2. The van der Waals surface area contributed by atoms with Crippen LogP contribution in [0.1, 0.15) is 11.1 Å². The van der Waals surface area contributed by atoms with E-state index in [-0.39, 0.29) is 5.91 Å². The van der Waals surface area contributed by atoms with E-state index in [1.807, 2.05) is 72.8 Å². The summed E-state index contributed by atoms with van der Waals surface area (Å²) in [6, 6.07) is 21.9. The lowest BCUT2D eigenvalue weighted by molar-refractivity contribution is -0.122. The predicted molar refractivity (Wildman–Crippen MR) is 116 cm³/mol. The first-order valence-electron chi connectivity index (χ1n) is 8.52. The summed E-state index contributed by atoms with van der Waals surface area (Å²) in [6.07, 6.45) is 1.89. The SMILES string of the molecule is COc1ccc2ccccc2c1/C=C1\SC(=S)N(Cc2ccccc2)C1=O. The van der Waals surface area contributed by atoms with Gasteiger partial charge in [0.05, 0.1) is 18.6 Å². The molecule has 0 atom stereocenters. The van der Waals surface area contributed by atoms with Crippen molar-refractivity contribution < 1.29 is 9.53 Å². The molecule has 1 saturated heterocycles. The van der Waals surface area contributed by atoms with Crippen molar-refractivity contribution in [3.8, 4) is 5.75 Å². The predicted octanol–water partition coefficient (Wildman–Crippen LogP) is 5.25. The molecule has 5 heteroatoms. The van der Waals surface area contributed by atoms with Crippen molar-refractivity contribution in [1.82, 2.24) is 4.90 Å². The van der Waals surface area contributed by atoms with Gasteiger partial charge in [-0.25, -0.2) is 0 Å². The second-order valence-electron chi connectivity index (χ2n) is 6.16. The van der Waals surface area contributed by atoms with Crippen LogP contribution in [0.4, 0.5) is 0 Å². The molecule has 1 aliphatic heterocycles. The zero-order valence-corrected chi connectivity index (χ0v) is 16.3. The number of benzene rings is 3. The zero-order chi connectivity index (χ0) is 18.8. The minimum Gasteiger partial charge on any atom is -0.496 e. The third kappa shape index (κ3) is 3.48. The van der Waals surface area contributed by atoms with Crippen LogP contribution in [0.3, 0.4) is 0 Å². The maximum atomic E-state index is 13.0. The van der Waals surface area contributed by atoms with Crippen LogP contribution in [0.5, 0.6) is 5.75 Å². The number of carbonyl (C=O) groups is 1. The largest absolute Gasteiger partial charge is 0.496 e. The van der Waals surface area contributed by atoms with Gasteiger partial charge >= 0.3 is 0 Å². The van der Waals surface area contributed by atoms with Gasteiger partial charge in [-0.2, -0.15) is 0 Å². The number of hydrogen-bond acceptors (Lipinski definition) is 4. The van der Waals surface area contributed by atoms with Gasteiger partial charge in [0.1, 0.15) is 10.1 Å². The number of amides is 1. The van der Waals surface area contributed by atoms with Gasteiger partial charge in [0, 0.05) is 5.56 Å². The highest BCUT2D eigenvalue weighted by molar-refractivity contribution is 8.26. The Bertz CT molecular complexity index is 1060. The van der Waals surface area contributed by atoms with Gasteiger partial charge in [-0.15, -0.1) is 0 Å². The van der Waals surface area contributed by atoms with E-state index >= 15 is 0 Å². The lowest BCUT2D eigenvalue weighted by Crippen LogP contribution is -2.27. The summed E-state index contributed by atoms with van der Waals surface area (Å²) in [7, 11) is 1.64. The average Bonchev–Trinajstić information content (AvgIpc) is 2.96. The summed E-state index contributed by atoms with van der Waals surface area (Å²) in [4.78, 5) is 15.2. The average molecular weight is 392 g/mol. The maximum absolute atomic E-state index is 13.0. The van der Waals surface area contributed by atoms with Gasteiger partial charge in [-0.05, 0) is 28.5 Å². The van der Waals surface area contributed by atoms with Crippen LogP contribution in [0.2, 0.25) is 0 Å². The molecule has 3 aromatic carbocycles. The van der Waals surface area contributed by atoms with E-state index in [1.165, 1.54) is 11.8 Å². The molecule has 0 N–H and O–H groups in total. The molecule has 0 aromatic heterocycles. The molecular weight excluding hydrogens is 374 g/mol. The lowest BCUT2D eigenvalue weighted by Gasteiger charge is -2.14. The van der Waals surface area contributed by atoms with E-state index < -0.39 is 0 Å². The van der Waals surface area contributed by atoms with Gasteiger partial charge in [0.2, 0.25) is 0 Å². The fourth-order valence-corrected chi connectivity index (χ4v) is 4.37. The van der Waals surface area contributed by atoms with E-state index in [2.05, 4.69) is 0 Å². The summed E-state index contributed by atoms with van der Waals surface area (Å²) >= 11 is 6.80. The molecule has 1 heterocycles. The van der Waals surface area contributed by atoms with Crippen LogP contribution >= 0.6 is 24.0 Å². The maximum Gasteiger partial charge on any atom is 0.266 e. The van der Waals surface area contributed by atoms with Crippen molar-refractivity contribution >= 4 is 51.1 Å². The molecule has 0 spiro atoms. The van der Waals surface area contributed by atoms with E-state index in [0.29, 0.717) is 15.8 Å². The number of rotatable bonds is 4. The Morgan fingerprint density at radius 3 is 2.56 bits per heavy atom. The number of nitrogens with zero attached hydrogens (tertiary/aromatic N) is 1. The van der Waals surface area contributed by atoms with Crippen LogP contribution in [-0.2, 0) is 11.3 Å². The van der Waals surface area contributed by atoms with Crippen LogP contribution in [0.15, 0.2) is 71.6 Å². The Balaban J connectivity index is 1.72. The molecule has 1 amide bonds. The molecule has 0 bridgehead atoms. The first kappa shape index (κ1) is 17.8. The van der Waals surface area contributed by atoms with Crippen molar-refractivity contribution in [2.75, 3.05) is 7.11 Å². The summed E-state index contributed by atoms with van der Waals surface area (Å²) < 4.78 is 6.11. The van der Waals surface area contributed by atoms with Gasteiger partial charge in [0.25, 0.3) is 5.91 Å². The summed E-state index contributed by atoms with van der Waals surface area (Å²) in [5, 5.41) is 2.15. The quantitative estimate of drug-likeness (QED) is 0.449. The van der Waals surface area contributed by atoms with E-state index in [0.717, 1.165) is 27.6 Å². The Morgan fingerprint density at radius 2 is 1.78 bits per heavy atom. The Kier molecular flexibility index (Phi) is 4.97. The smallest absolute Gasteiger partial charge is 0.266 e. The zero-order valence-electron chi connectivity index (χ0n) is 14.7. The fourth-order valence-electron chi connectivity index (χ4n) is 3.14. The van der Waals surface area contributed by atoms with E-state index in [4.69, 9.17) is 17.0 Å². The Morgan fingerprint density at radius 1 is 1.04 bits per heavy atom. The van der Waals surface area contributed by atoms with Crippen molar-refractivity contribution in [3.63, 3.8) is 0 Å². The minimum absolute atomic E-state index is 0.0659. The van der Waals surface area contributed by atoms with Crippen LogP contribution in [0.25, 0.3) is 16.8 Å². The normalized spacial score (nSPS) is 15.7. The number of hydrogen-bond donors (Lipinski definition) is 0. The van der Waals surface area contributed by atoms with Gasteiger partial charge in [-0.3, -0.25) is 9.69 Å². The van der Waals surface area contributed by atoms with Gasteiger partial charge in [0.15, 0.2) is 0 Å². The second kappa shape index (κ2) is 7.55. The molecule has 0 radical (unpaired) electrons. The molecule has 0 aliphatic carbocycles. The molecule has 1 fully saturated rings. The van der Waals surface area contributed by atoms with Crippen molar-refractivity contribution in [1.29, 1.82) is 0 Å². The van der Waals surface area contributed by atoms with Crippen LogP contribution < -0.4 is 4.74 Å². The van der Waals surface area contributed by atoms with Crippen molar-refractivity contribution in [2.45, 2.75) is 6.54 Å². The highest BCUT2D eigenvalue weighted by Crippen LogP contribution is 2.37. The molecule has 4 rings (SSSR count). The Hall–Kier alpha value is -2.63. The highest BCUT2D eigenvalue weighted by Gasteiger charge is 2.32. The number of carbonyl (C=O) groups excluding carboxylic acids is 1. The van der Waals surface area contributed by atoms with Gasteiger partial charge in [-0.1, -0.05) is 84.6 Å². The number of thiocarbonyl (C=S) groups is 1. The highest BCUT2D eigenvalue weighted by atomic mass is 32.2. The molecule has 3 nitrogen and oxygen atoms in total. The van der Waals surface area contributed by atoms with E-state index in [1.54, 1.807) is 12.0 Å². The molecule has 1 aliphatic rings.